The van der Waals surface area contributed by atoms with Gasteiger partial charge in [0.25, 0.3) is 0 Å². The Hall–Kier alpha value is -1.39. The summed E-state index contributed by atoms with van der Waals surface area (Å²) in [6.07, 6.45) is 3.94. The van der Waals surface area contributed by atoms with E-state index in [1.807, 2.05) is 13.0 Å². The van der Waals surface area contributed by atoms with E-state index in [1.165, 1.54) is 5.52 Å². The summed E-state index contributed by atoms with van der Waals surface area (Å²) in [5.41, 5.74) is 8.56. The summed E-state index contributed by atoms with van der Waals surface area (Å²) in [4.78, 5) is 4.77. The molecule has 4 heteroatoms. The number of rotatable bonds is 9. The largest absolute Gasteiger partial charge is 0.382 e. The van der Waals surface area contributed by atoms with Crippen LogP contribution in [0.15, 0.2) is 24.3 Å². The molecule has 2 aromatic rings. The summed E-state index contributed by atoms with van der Waals surface area (Å²) < 4.78 is 7.69. The third-order valence-electron chi connectivity index (χ3n) is 3.69. The van der Waals surface area contributed by atoms with Crippen molar-refractivity contribution < 1.29 is 4.74 Å². The van der Waals surface area contributed by atoms with Crippen molar-refractivity contribution in [2.45, 2.75) is 52.1 Å². The van der Waals surface area contributed by atoms with Gasteiger partial charge >= 0.3 is 0 Å². The number of imidazole rings is 1. The normalized spacial score (nSPS) is 12.9. The molecule has 1 aromatic carbocycles. The first kappa shape index (κ1) is 16.0. The molecule has 2 N–H and O–H groups in total. The molecule has 0 aliphatic heterocycles. The van der Waals surface area contributed by atoms with E-state index in [1.54, 1.807) is 0 Å². The quantitative estimate of drug-likeness (QED) is 0.722. The summed E-state index contributed by atoms with van der Waals surface area (Å²) >= 11 is 0. The lowest BCUT2D eigenvalue weighted by molar-refractivity contribution is 0.142. The maximum absolute atomic E-state index is 6.27. The van der Waals surface area contributed by atoms with Gasteiger partial charge in [0.15, 0.2) is 0 Å². The van der Waals surface area contributed by atoms with E-state index < -0.39 is 0 Å². The molecule has 1 atom stereocenters. The number of hydrogen-bond donors (Lipinski definition) is 1. The zero-order chi connectivity index (χ0) is 15.1. The predicted molar refractivity (Wildman–Crippen MR) is 87.4 cm³/mol. The van der Waals surface area contributed by atoms with Crippen molar-refractivity contribution in [3.63, 3.8) is 0 Å². The Morgan fingerprint density at radius 2 is 2.10 bits per heavy atom. The minimum Gasteiger partial charge on any atom is -0.382 e. The highest BCUT2D eigenvalue weighted by atomic mass is 16.5. The molecule has 4 nitrogen and oxygen atoms in total. The highest BCUT2D eigenvalue weighted by molar-refractivity contribution is 5.75. The van der Waals surface area contributed by atoms with E-state index in [4.69, 9.17) is 15.5 Å². The molecular formula is C17H27N3O. The molecule has 0 aliphatic carbocycles. The van der Waals surface area contributed by atoms with Gasteiger partial charge in [0.05, 0.1) is 11.0 Å². The maximum Gasteiger partial charge on any atom is 0.111 e. The van der Waals surface area contributed by atoms with Crippen LogP contribution in [-0.2, 0) is 17.7 Å². The summed E-state index contributed by atoms with van der Waals surface area (Å²) in [6, 6.07) is 8.48. The van der Waals surface area contributed by atoms with Crippen LogP contribution in [0.4, 0.5) is 0 Å². The zero-order valence-corrected chi connectivity index (χ0v) is 13.2. The van der Waals surface area contributed by atoms with E-state index in [-0.39, 0.29) is 6.04 Å². The molecular weight excluding hydrogens is 262 g/mol. The number of benzene rings is 1. The molecule has 21 heavy (non-hydrogen) atoms. The minimum absolute atomic E-state index is 0.151. The molecule has 0 saturated carbocycles. The first-order chi connectivity index (χ1) is 10.3. The van der Waals surface area contributed by atoms with E-state index in [0.29, 0.717) is 0 Å². The summed E-state index contributed by atoms with van der Waals surface area (Å²) in [6.45, 7) is 6.80. The lowest BCUT2D eigenvalue weighted by Gasteiger charge is -2.13. The number of aromatic nitrogens is 2. The van der Waals surface area contributed by atoms with Crippen LogP contribution < -0.4 is 5.73 Å². The molecule has 116 valence electrons. The van der Waals surface area contributed by atoms with Gasteiger partial charge in [-0.15, -0.1) is 0 Å². The fourth-order valence-electron chi connectivity index (χ4n) is 2.68. The second-order valence-electron chi connectivity index (χ2n) is 5.47. The Morgan fingerprint density at radius 1 is 1.29 bits per heavy atom. The second-order valence-corrected chi connectivity index (χ2v) is 5.47. The Bertz CT molecular complexity index is 550. The van der Waals surface area contributed by atoms with Gasteiger partial charge in [-0.2, -0.15) is 0 Å². The van der Waals surface area contributed by atoms with Gasteiger partial charge in [-0.1, -0.05) is 19.1 Å². The van der Waals surface area contributed by atoms with E-state index in [2.05, 4.69) is 29.7 Å². The van der Waals surface area contributed by atoms with Gasteiger partial charge in [0.2, 0.25) is 0 Å². The minimum atomic E-state index is 0.151. The number of aryl methyl sites for hydroxylation is 1. The van der Waals surface area contributed by atoms with Crippen molar-refractivity contribution in [3.8, 4) is 0 Å². The van der Waals surface area contributed by atoms with E-state index >= 15 is 0 Å². The van der Waals surface area contributed by atoms with Crippen molar-refractivity contribution in [3.05, 3.63) is 30.1 Å². The van der Waals surface area contributed by atoms with Gasteiger partial charge in [0.1, 0.15) is 5.82 Å². The Kier molecular flexibility index (Phi) is 6.21. The molecule has 0 saturated heterocycles. The molecule has 1 heterocycles. The standard InChI is InChI=1S/C17H27N3O/c1-3-11-20-16-10-6-5-9-15(16)19-17(20)13-14(18)8-7-12-21-4-2/h5-6,9-10,14H,3-4,7-8,11-13,18H2,1-2H3. The van der Waals surface area contributed by atoms with Crippen LogP contribution in [-0.4, -0.2) is 28.8 Å². The SMILES string of the molecule is CCCn1c(CC(N)CCCOCC)nc2ccccc21. The molecule has 0 amide bonds. The first-order valence-electron chi connectivity index (χ1n) is 8.03. The van der Waals surface area contributed by atoms with Crippen LogP contribution in [0.5, 0.6) is 0 Å². The van der Waals surface area contributed by atoms with Gasteiger partial charge in [-0.25, -0.2) is 4.98 Å². The van der Waals surface area contributed by atoms with Crippen molar-refractivity contribution in [2.24, 2.45) is 5.73 Å². The lowest BCUT2D eigenvalue weighted by atomic mass is 10.1. The Balaban J connectivity index is 2.04. The lowest BCUT2D eigenvalue weighted by Crippen LogP contribution is -2.25. The second kappa shape index (κ2) is 8.15. The average molecular weight is 289 g/mol. The number of nitrogens with two attached hydrogens (primary N) is 1. The van der Waals surface area contributed by atoms with Gasteiger partial charge in [-0.3, -0.25) is 0 Å². The zero-order valence-electron chi connectivity index (χ0n) is 13.2. The Morgan fingerprint density at radius 3 is 2.86 bits per heavy atom. The number of fused-ring (bicyclic) bond motifs is 1. The molecule has 0 aliphatic rings. The van der Waals surface area contributed by atoms with Gasteiger partial charge in [0, 0.05) is 32.2 Å². The molecule has 1 unspecified atom stereocenters. The van der Waals surface area contributed by atoms with Crippen LogP contribution in [0.25, 0.3) is 11.0 Å². The number of nitrogens with zero attached hydrogens (tertiary/aromatic N) is 2. The van der Waals surface area contributed by atoms with Gasteiger partial charge in [-0.05, 0) is 38.3 Å². The number of hydrogen-bond acceptors (Lipinski definition) is 3. The predicted octanol–water partition coefficient (Wildman–Crippen LogP) is 3.13. The van der Waals surface area contributed by atoms with E-state index in [9.17, 15) is 0 Å². The molecule has 0 spiro atoms. The van der Waals surface area contributed by atoms with Crippen LogP contribution in [0.3, 0.4) is 0 Å². The first-order valence-corrected chi connectivity index (χ1v) is 8.03. The molecule has 2 rings (SSSR count). The number of para-hydroxylation sites is 2. The monoisotopic (exact) mass is 289 g/mol. The maximum atomic E-state index is 6.27. The van der Waals surface area contributed by atoms with Crippen molar-refractivity contribution in [1.29, 1.82) is 0 Å². The van der Waals surface area contributed by atoms with Crippen LogP contribution in [0.2, 0.25) is 0 Å². The molecule has 1 aromatic heterocycles. The van der Waals surface area contributed by atoms with Crippen molar-refractivity contribution in [2.75, 3.05) is 13.2 Å². The summed E-state index contributed by atoms with van der Waals surface area (Å²) in [7, 11) is 0. The fourth-order valence-corrected chi connectivity index (χ4v) is 2.68. The highest BCUT2D eigenvalue weighted by Crippen LogP contribution is 2.18. The molecule has 0 bridgehead atoms. The third-order valence-corrected chi connectivity index (χ3v) is 3.69. The topological polar surface area (TPSA) is 53.1 Å². The number of ether oxygens (including phenoxy) is 1. The van der Waals surface area contributed by atoms with Gasteiger partial charge < -0.3 is 15.0 Å². The third kappa shape index (κ3) is 4.29. The fraction of sp³-hybridized carbons (Fsp3) is 0.588. The molecule has 0 fully saturated rings. The Labute approximate surface area is 127 Å². The van der Waals surface area contributed by atoms with Crippen LogP contribution >= 0.6 is 0 Å². The average Bonchev–Trinajstić information content (AvgIpc) is 2.82. The van der Waals surface area contributed by atoms with Crippen molar-refractivity contribution >= 4 is 11.0 Å². The van der Waals surface area contributed by atoms with Crippen LogP contribution in [0, 0.1) is 0 Å². The highest BCUT2D eigenvalue weighted by Gasteiger charge is 2.13. The summed E-state index contributed by atoms with van der Waals surface area (Å²) in [5, 5.41) is 0. The van der Waals surface area contributed by atoms with Crippen molar-refractivity contribution in [1.82, 2.24) is 9.55 Å². The van der Waals surface area contributed by atoms with E-state index in [0.717, 1.165) is 56.8 Å². The smallest absolute Gasteiger partial charge is 0.111 e. The van der Waals surface area contributed by atoms with Crippen LogP contribution in [0.1, 0.15) is 38.9 Å². The summed E-state index contributed by atoms with van der Waals surface area (Å²) in [5.74, 6) is 1.11. The molecule has 0 radical (unpaired) electrons.